The van der Waals surface area contributed by atoms with Crippen LogP contribution in [0.15, 0.2) is 60.7 Å². The molecule has 0 aliphatic carbocycles. The number of nitrogens with one attached hydrogen (secondary N) is 1. The van der Waals surface area contributed by atoms with Crippen LogP contribution in [-0.2, 0) is 6.54 Å². The van der Waals surface area contributed by atoms with Crippen LogP contribution in [0.4, 0.5) is 0 Å². The molecule has 2 aromatic rings. The van der Waals surface area contributed by atoms with Gasteiger partial charge in [-0.15, -0.1) is 0 Å². The van der Waals surface area contributed by atoms with Gasteiger partial charge in [0.05, 0.1) is 7.11 Å². The molecule has 0 aromatic heterocycles. The van der Waals surface area contributed by atoms with E-state index in [0.717, 1.165) is 18.8 Å². The lowest BCUT2D eigenvalue weighted by Crippen LogP contribution is -2.12. The van der Waals surface area contributed by atoms with Crippen molar-refractivity contribution in [3.63, 3.8) is 0 Å². The third kappa shape index (κ3) is 4.60. The van der Waals surface area contributed by atoms with Gasteiger partial charge in [0.1, 0.15) is 5.75 Å². The Kier molecular flexibility index (Phi) is 5.20. The molecule has 2 nitrogen and oxygen atoms in total. The summed E-state index contributed by atoms with van der Waals surface area (Å²) < 4.78 is 5.12. The van der Waals surface area contributed by atoms with Gasteiger partial charge < -0.3 is 10.1 Å². The molecule has 2 heteroatoms. The summed E-state index contributed by atoms with van der Waals surface area (Å²) in [5, 5.41) is 3.38. The molecule has 0 aliphatic heterocycles. The summed E-state index contributed by atoms with van der Waals surface area (Å²) >= 11 is 0. The van der Waals surface area contributed by atoms with Gasteiger partial charge in [-0.1, -0.05) is 54.6 Å². The lowest BCUT2D eigenvalue weighted by Gasteiger charge is -2.01. The van der Waals surface area contributed by atoms with Crippen LogP contribution < -0.4 is 10.1 Å². The standard InChI is InChI=1S/C17H19NO/c1-19-17-11-9-15(10-12-17)8-5-13-18-14-16-6-3-2-4-7-16/h2-12,18H,13-14H2,1H3/b8-5+. The largest absolute Gasteiger partial charge is 0.497 e. The minimum Gasteiger partial charge on any atom is -0.497 e. The molecule has 2 rings (SSSR count). The van der Waals surface area contributed by atoms with Crippen molar-refractivity contribution >= 4 is 6.08 Å². The minimum atomic E-state index is 0.862. The van der Waals surface area contributed by atoms with E-state index in [4.69, 9.17) is 4.74 Å². The van der Waals surface area contributed by atoms with Crippen LogP contribution in [0.2, 0.25) is 0 Å². The smallest absolute Gasteiger partial charge is 0.118 e. The summed E-state index contributed by atoms with van der Waals surface area (Å²) in [4.78, 5) is 0. The van der Waals surface area contributed by atoms with Crippen LogP contribution >= 0.6 is 0 Å². The lowest BCUT2D eigenvalue weighted by atomic mass is 10.2. The minimum absolute atomic E-state index is 0.862. The molecule has 0 bridgehead atoms. The molecule has 0 amide bonds. The maximum atomic E-state index is 5.12. The molecule has 0 spiro atoms. The summed E-state index contributed by atoms with van der Waals surface area (Å²) in [5.74, 6) is 0.888. The Hall–Kier alpha value is -2.06. The van der Waals surface area contributed by atoms with E-state index in [1.165, 1.54) is 11.1 Å². The monoisotopic (exact) mass is 253 g/mol. The molecule has 0 fully saturated rings. The van der Waals surface area contributed by atoms with Gasteiger partial charge >= 0.3 is 0 Å². The Labute approximate surface area is 114 Å². The average molecular weight is 253 g/mol. The fourth-order valence-corrected chi connectivity index (χ4v) is 1.81. The SMILES string of the molecule is COc1ccc(/C=C/CNCc2ccccc2)cc1. The van der Waals surface area contributed by atoms with E-state index in [-0.39, 0.29) is 0 Å². The van der Waals surface area contributed by atoms with Crippen molar-refractivity contribution in [2.45, 2.75) is 6.54 Å². The van der Waals surface area contributed by atoms with Gasteiger partial charge in [0, 0.05) is 13.1 Å². The van der Waals surface area contributed by atoms with E-state index < -0.39 is 0 Å². The summed E-state index contributed by atoms with van der Waals surface area (Å²) in [6.45, 7) is 1.76. The lowest BCUT2D eigenvalue weighted by molar-refractivity contribution is 0.415. The fourth-order valence-electron chi connectivity index (χ4n) is 1.81. The summed E-state index contributed by atoms with van der Waals surface area (Å²) in [6, 6.07) is 18.4. The van der Waals surface area contributed by atoms with Crippen molar-refractivity contribution in [2.24, 2.45) is 0 Å². The first-order valence-electron chi connectivity index (χ1n) is 6.44. The third-order valence-electron chi connectivity index (χ3n) is 2.86. The van der Waals surface area contributed by atoms with Crippen LogP contribution in [0.1, 0.15) is 11.1 Å². The Balaban J connectivity index is 1.74. The van der Waals surface area contributed by atoms with Crippen molar-refractivity contribution in [1.82, 2.24) is 5.32 Å². The van der Waals surface area contributed by atoms with Gasteiger partial charge in [-0.05, 0) is 23.3 Å². The molecule has 0 saturated heterocycles. The van der Waals surface area contributed by atoms with Crippen molar-refractivity contribution in [1.29, 1.82) is 0 Å². The Morgan fingerprint density at radius 2 is 1.74 bits per heavy atom. The van der Waals surface area contributed by atoms with E-state index in [2.05, 4.69) is 41.7 Å². The second-order valence-corrected chi connectivity index (χ2v) is 4.29. The highest BCUT2D eigenvalue weighted by molar-refractivity contribution is 5.50. The van der Waals surface area contributed by atoms with Gasteiger partial charge in [0.25, 0.3) is 0 Å². The van der Waals surface area contributed by atoms with Gasteiger partial charge in [-0.3, -0.25) is 0 Å². The molecule has 98 valence electrons. The number of hydrogen-bond acceptors (Lipinski definition) is 2. The van der Waals surface area contributed by atoms with E-state index >= 15 is 0 Å². The van der Waals surface area contributed by atoms with E-state index in [9.17, 15) is 0 Å². The molecule has 2 aromatic carbocycles. The van der Waals surface area contributed by atoms with Crippen molar-refractivity contribution in [3.05, 3.63) is 71.8 Å². The van der Waals surface area contributed by atoms with Crippen molar-refractivity contribution in [3.8, 4) is 5.75 Å². The highest BCUT2D eigenvalue weighted by Crippen LogP contribution is 2.11. The second-order valence-electron chi connectivity index (χ2n) is 4.29. The summed E-state index contributed by atoms with van der Waals surface area (Å²) in [7, 11) is 1.68. The third-order valence-corrected chi connectivity index (χ3v) is 2.86. The molecular weight excluding hydrogens is 234 g/mol. The Bertz CT molecular complexity index is 503. The molecule has 0 unspecified atom stereocenters. The fraction of sp³-hybridized carbons (Fsp3) is 0.176. The van der Waals surface area contributed by atoms with E-state index in [1.807, 2.05) is 30.3 Å². The number of hydrogen-bond donors (Lipinski definition) is 1. The summed E-state index contributed by atoms with van der Waals surface area (Å²) in [5.41, 5.74) is 2.49. The quantitative estimate of drug-likeness (QED) is 0.796. The number of ether oxygens (including phenoxy) is 1. The van der Waals surface area contributed by atoms with Crippen molar-refractivity contribution in [2.75, 3.05) is 13.7 Å². The molecule has 0 atom stereocenters. The van der Waals surface area contributed by atoms with Crippen molar-refractivity contribution < 1.29 is 4.74 Å². The maximum absolute atomic E-state index is 5.12. The average Bonchev–Trinajstić information content (AvgIpc) is 2.49. The molecular formula is C17H19NO. The summed E-state index contributed by atoms with van der Waals surface area (Å²) in [6.07, 6.45) is 4.24. The predicted molar refractivity (Wildman–Crippen MR) is 80.2 cm³/mol. The van der Waals surface area contributed by atoms with Crippen LogP contribution in [-0.4, -0.2) is 13.7 Å². The van der Waals surface area contributed by atoms with Gasteiger partial charge in [0.15, 0.2) is 0 Å². The van der Waals surface area contributed by atoms with Crippen LogP contribution in [0, 0.1) is 0 Å². The number of benzene rings is 2. The molecule has 0 saturated carbocycles. The molecule has 0 heterocycles. The first kappa shape index (κ1) is 13.4. The second kappa shape index (κ2) is 7.39. The molecule has 19 heavy (non-hydrogen) atoms. The Morgan fingerprint density at radius 3 is 2.42 bits per heavy atom. The predicted octanol–water partition coefficient (Wildman–Crippen LogP) is 3.50. The zero-order chi connectivity index (χ0) is 13.3. The topological polar surface area (TPSA) is 21.3 Å². The molecule has 0 aliphatic rings. The van der Waals surface area contributed by atoms with Crippen LogP contribution in [0.3, 0.4) is 0 Å². The zero-order valence-corrected chi connectivity index (χ0v) is 11.2. The maximum Gasteiger partial charge on any atom is 0.118 e. The van der Waals surface area contributed by atoms with Crippen LogP contribution in [0.5, 0.6) is 5.75 Å². The Morgan fingerprint density at radius 1 is 1.00 bits per heavy atom. The van der Waals surface area contributed by atoms with Gasteiger partial charge in [-0.25, -0.2) is 0 Å². The van der Waals surface area contributed by atoms with E-state index in [1.54, 1.807) is 7.11 Å². The van der Waals surface area contributed by atoms with E-state index in [0.29, 0.717) is 0 Å². The highest BCUT2D eigenvalue weighted by atomic mass is 16.5. The highest BCUT2D eigenvalue weighted by Gasteiger charge is 1.90. The first-order chi connectivity index (χ1) is 9.38. The molecule has 0 radical (unpaired) electrons. The number of methoxy groups -OCH3 is 1. The molecule has 1 N–H and O–H groups in total. The number of rotatable bonds is 6. The zero-order valence-electron chi connectivity index (χ0n) is 11.2. The normalized spacial score (nSPS) is 10.8. The van der Waals surface area contributed by atoms with Crippen LogP contribution in [0.25, 0.3) is 6.08 Å². The first-order valence-corrected chi connectivity index (χ1v) is 6.44. The van der Waals surface area contributed by atoms with Gasteiger partial charge in [-0.2, -0.15) is 0 Å². The van der Waals surface area contributed by atoms with Gasteiger partial charge in [0.2, 0.25) is 0 Å².